The first-order valence-electron chi connectivity index (χ1n) is 8.11. The first-order chi connectivity index (χ1) is 10.3. The molecule has 0 aliphatic carbocycles. The van der Waals surface area contributed by atoms with Crippen molar-refractivity contribution in [1.82, 2.24) is 14.5 Å². The average molecular weight is 286 g/mol. The van der Waals surface area contributed by atoms with Crippen LogP contribution in [0.3, 0.4) is 0 Å². The summed E-state index contributed by atoms with van der Waals surface area (Å²) in [6, 6.07) is 8.93. The van der Waals surface area contributed by atoms with Gasteiger partial charge in [0.25, 0.3) is 0 Å². The van der Waals surface area contributed by atoms with Crippen LogP contribution in [-0.2, 0) is 6.54 Å². The Kier molecular flexibility index (Phi) is 4.27. The van der Waals surface area contributed by atoms with Gasteiger partial charge in [-0.05, 0) is 45.5 Å². The third kappa shape index (κ3) is 2.58. The second kappa shape index (κ2) is 6.16. The van der Waals surface area contributed by atoms with Crippen molar-refractivity contribution >= 4 is 11.0 Å². The summed E-state index contributed by atoms with van der Waals surface area (Å²) in [4.78, 5) is 7.39. The molecule has 4 nitrogen and oxygen atoms in total. The number of imidazole rings is 1. The summed E-state index contributed by atoms with van der Waals surface area (Å²) < 4.78 is 2.34. The number of rotatable bonds is 4. The molecule has 4 heteroatoms. The van der Waals surface area contributed by atoms with Gasteiger partial charge in [-0.2, -0.15) is 0 Å². The molecule has 0 bridgehead atoms. The van der Waals surface area contributed by atoms with E-state index >= 15 is 0 Å². The van der Waals surface area contributed by atoms with Gasteiger partial charge >= 0.3 is 0 Å². The first-order valence-corrected chi connectivity index (χ1v) is 8.11. The quantitative estimate of drug-likeness (QED) is 0.939. The van der Waals surface area contributed by atoms with Crippen LogP contribution in [0, 0.1) is 0 Å². The van der Waals surface area contributed by atoms with Crippen molar-refractivity contribution in [2.45, 2.75) is 44.7 Å². The molecule has 2 heterocycles. The van der Waals surface area contributed by atoms with E-state index in [0.717, 1.165) is 12.1 Å². The predicted molar refractivity (Wildman–Crippen MR) is 87.5 cm³/mol. The lowest BCUT2D eigenvalue weighted by molar-refractivity contribution is 0.156. The van der Waals surface area contributed by atoms with Gasteiger partial charge in [-0.3, -0.25) is 0 Å². The van der Waals surface area contributed by atoms with Crippen LogP contribution in [0.4, 0.5) is 0 Å². The Balaban J connectivity index is 2.03. The number of piperidine rings is 1. The molecule has 1 aliphatic rings. The zero-order valence-corrected chi connectivity index (χ0v) is 13.1. The Morgan fingerprint density at radius 1 is 1.33 bits per heavy atom. The van der Waals surface area contributed by atoms with Gasteiger partial charge in [0.2, 0.25) is 0 Å². The molecule has 1 fully saturated rings. The summed E-state index contributed by atoms with van der Waals surface area (Å²) in [5.74, 6) is 1.49. The summed E-state index contributed by atoms with van der Waals surface area (Å²) in [5.41, 5.74) is 8.48. The zero-order valence-electron chi connectivity index (χ0n) is 13.1. The SMILES string of the molecule is CCn1c(C(CN)C2CCCCN2C)nc2ccccc21. The monoisotopic (exact) mass is 286 g/mol. The molecule has 2 unspecified atom stereocenters. The van der Waals surface area contributed by atoms with Crippen LogP contribution in [0.25, 0.3) is 11.0 Å². The molecule has 2 aromatic rings. The van der Waals surface area contributed by atoms with E-state index in [1.807, 2.05) is 0 Å². The van der Waals surface area contributed by atoms with Crippen LogP contribution in [0.1, 0.15) is 37.9 Å². The van der Waals surface area contributed by atoms with Crippen LogP contribution in [-0.4, -0.2) is 40.6 Å². The van der Waals surface area contributed by atoms with Crippen LogP contribution >= 0.6 is 0 Å². The molecule has 3 rings (SSSR count). The Morgan fingerprint density at radius 2 is 2.14 bits per heavy atom. The minimum absolute atomic E-state index is 0.322. The molecular formula is C17H26N4. The topological polar surface area (TPSA) is 47.1 Å². The number of likely N-dealkylation sites (tertiary alicyclic amines) is 1. The Labute approximate surface area is 126 Å². The number of fused-ring (bicyclic) bond motifs is 1. The van der Waals surface area contributed by atoms with Gasteiger partial charge in [-0.25, -0.2) is 4.98 Å². The van der Waals surface area contributed by atoms with E-state index in [1.165, 1.54) is 37.1 Å². The Hall–Kier alpha value is -1.39. The predicted octanol–water partition coefficient (Wildman–Crippen LogP) is 2.58. The van der Waals surface area contributed by atoms with Crippen LogP contribution in [0.2, 0.25) is 0 Å². The number of aryl methyl sites for hydroxylation is 1. The highest BCUT2D eigenvalue weighted by Crippen LogP contribution is 2.30. The molecule has 1 aromatic carbocycles. The summed E-state index contributed by atoms with van der Waals surface area (Å²) in [6.07, 6.45) is 3.83. The zero-order chi connectivity index (χ0) is 14.8. The van der Waals surface area contributed by atoms with Crippen molar-refractivity contribution < 1.29 is 0 Å². The van der Waals surface area contributed by atoms with E-state index in [4.69, 9.17) is 10.7 Å². The van der Waals surface area contributed by atoms with E-state index in [0.29, 0.717) is 18.5 Å². The first kappa shape index (κ1) is 14.5. The summed E-state index contributed by atoms with van der Waals surface area (Å²) in [5, 5.41) is 0. The molecule has 1 aromatic heterocycles. The van der Waals surface area contributed by atoms with Gasteiger partial charge in [0.05, 0.1) is 11.0 Å². The van der Waals surface area contributed by atoms with Crippen LogP contribution in [0.5, 0.6) is 0 Å². The number of benzene rings is 1. The third-order valence-corrected chi connectivity index (χ3v) is 4.88. The van der Waals surface area contributed by atoms with E-state index < -0.39 is 0 Å². The number of hydrogen-bond donors (Lipinski definition) is 1. The molecule has 1 aliphatic heterocycles. The maximum atomic E-state index is 6.16. The second-order valence-corrected chi connectivity index (χ2v) is 6.09. The molecule has 1 saturated heterocycles. The molecule has 0 amide bonds. The molecule has 21 heavy (non-hydrogen) atoms. The fraction of sp³-hybridized carbons (Fsp3) is 0.588. The molecule has 2 N–H and O–H groups in total. The number of nitrogens with zero attached hydrogens (tertiary/aromatic N) is 3. The highest BCUT2D eigenvalue weighted by Gasteiger charge is 2.31. The van der Waals surface area contributed by atoms with E-state index in [1.54, 1.807) is 0 Å². The fourth-order valence-electron chi connectivity index (χ4n) is 3.75. The normalized spacial score (nSPS) is 21.8. The van der Waals surface area contributed by atoms with Gasteiger partial charge in [0, 0.05) is 25.0 Å². The van der Waals surface area contributed by atoms with Crippen molar-refractivity contribution in [3.8, 4) is 0 Å². The summed E-state index contributed by atoms with van der Waals surface area (Å²) >= 11 is 0. The van der Waals surface area contributed by atoms with Crippen molar-refractivity contribution in [3.05, 3.63) is 30.1 Å². The maximum absolute atomic E-state index is 6.16. The highest BCUT2D eigenvalue weighted by atomic mass is 15.2. The van der Waals surface area contributed by atoms with Gasteiger partial charge in [0.15, 0.2) is 0 Å². The lowest BCUT2D eigenvalue weighted by atomic mass is 9.90. The van der Waals surface area contributed by atoms with Crippen molar-refractivity contribution in [3.63, 3.8) is 0 Å². The average Bonchev–Trinajstić information content (AvgIpc) is 2.88. The third-order valence-electron chi connectivity index (χ3n) is 4.88. The Morgan fingerprint density at radius 3 is 2.86 bits per heavy atom. The lowest BCUT2D eigenvalue weighted by Gasteiger charge is -2.37. The smallest absolute Gasteiger partial charge is 0.115 e. The maximum Gasteiger partial charge on any atom is 0.115 e. The molecule has 0 saturated carbocycles. The Bertz CT molecular complexity index is 604. The van der Waals surface area contributed by atoms with Crippen LogP contribution < -0.4 is 5.73 Å². The lowest BCUT2D eigenvalue weighted by Crippen LogP contribution is -2.43. The van der Waals surface area contributed by atoms with Crippen molar-refractivity contribution in [2.75, 3.05) is 20.1 Å². The number of para-hydroxylation sites is 2. The van der Waals surface area contributed by atoms with Gasteiger partial charge < -0.3 is 15.2 Å². The molecule has 114 valence electrons. The number of hydrogen-bond acceptors (Lipinski definition) is 3. The number of likely N-dealkylation sites (N-methyl/N-ethyl adjacent to an activating group) is 1. The van der Waals surface area contributed by atoms with Gasteiger partial charge in [-0.1, -0.05) is 18.6 Å². The number of nitrogens with two attached hydrogens (primary N) is 1. The fourth-order valence-corrected chi connectivity index (χ4v) is 3.75. The summed E-state index contributed by atoms with van der Waals surface area (Å²) in [7, 11) is 2.23. The molecular weight excluding hydrogens is 260 g/mol. The van der Waals surface area contributed by atoms with Gasteiger partial charge in [0.1, 0.15) is 5.82 Å². The van der Waals surface area contributed by atoms with Crippen molar-refractivity contribution in [1.29, 1.82) is 0 Å². The minimum Gasteiger partial charge on any atom is -0.330 e. The summed E-state index contributed by atoms with van der Waals surface area (Å²) in [6.45, 7) is 4.98. The van der Waals surface area contributed by atoms with E-state index in [2.05, 4.69) is 47.7 Å². The van der Waals surface area contributed by atoms with E-state index in [9.17, 15) is 0 Å². The molecule has 0 spiro atoms. The van der Waals surface area contributed by atoms with E-state index in [-0.39, 0.29) is 0 Å². The number of aromatic nitrogens is 2. The molecule has 2 atom stereocenters. The highest BCUT2D eigenvalue weighted by molar-refractivity contribution is 5.76. The molecule has 0 radical (unpaired) electrons. The largest absolute Gasteiger partial charge is 0.330 e. The minimum atomic E-state index is 0.322. The van der Waals surface area contributed by atoms with Gasteiger partial charge in [-0.15, -0.1) is 0 Å². The van der Waals surface area contributed by atoms with Crippen LogP contribution in [0.15, 0.2) is 24.3 Å². The standard InChI is InChI=1S/C17H26N4/c1-3-21-16-10-5-4-8-14(16)19-17(21)13(12-18)15-9-6-7-11-20(15)2/h4-5,8,10,13,15H,3,6-7,9,11-12,18H2,1-2H3. The second-order valence-electron chi connectivity index (χ2n) is 6.09. The van der Waals surface area contributed by atoms with Crippen molar-refractivity contribution in [2.24, 2.45) is 5.73 Å².